The number of anilines is 1. The molecule has 1 aromatic rings. The Kier molecular flexibility index (Phi) is 4.24. The van der Waals surface area contributed by atoms with Crippen LogP contribution < -0.4 is 15.4 Å². The number of para-hydroxylation sites is 1. The molecular formula is C14H17N3O2. The molecule has 1 saturated carbocycles. The van der Waals surface area contributed by atoms with Crippen LogP contribution in [-0.2, 0) is 4.79 Å². The molecule has 0 spiro atoms. The number of methoxy groups -OCH3 is 1. The fraction of sp³-hybridized carbons (Fsp3) is 0.429. The van der Waals surface area contributed by atoms with Crippen molar-refractivity contribution in [2.75, 3.05) is 25.5 Å². The largest absolute Gasteiger partial charge is 0.495 e. The maximum atomic E-state index is 11.7. The van der Waals surface area contributed by atoms with E-state index in [9.17, 15) is 4.79 Å². The molecule has 0 atom stereocenters. The number of hydrogen-bond acceptors (Lipinski definition) is 4. The predicted molar refractivity (Wildman–Crippen MR) is 71.9 cm³/mol. The topological polar surface area (TPSA) is 74.1 Å². The fourth-order valence-electron chi connectivity index (χ4n) is 1.79. The van der Waals surface area contributed by atoms with Crippen molar-refractivity contribution >= 4 is 11.6 Å². The molecular weight excluding hydrogens is 242 g/mol. The van der Waals surface area contributed by atoms with Gasteiger partial charge in [0.1, 0.15) is 11.8 Å². The van der Waals surface area contributed by atoms with E-state index >= 15 is 0 Å². The Balaban J connectivity index is 1.93. The first-order valence-corrected chi connectivity index (χ1v) is 6.32. The van der Waals surface area contributed by atoms with E-state index in [-0.39, 0.29) is 12.5 Å². The highest BCUT2D eigenvalue weighted by Gasteiger charge is 2.21. The van der Waals surface area contributed by atoms with Gasteiger partial charge in [0.2, 0.25) is 5.91 Å². The van der Waals surface area contributed by atoms with Gasteiger partial charge >= 0.3 is 0 Å². The Labute approximate surface area is 112 Å². The quantitative estimate of drug-likeness (QED) is 0.812. The smallest absolute Gasteiger partial charge is 0.239 e. The van der Waals surface area contributed by atoms with Gasteiger partial charge in [-0.15, -0.1) is 0 Å². The molecule has 5 nitrogen and oxygen atoms in total. The lowest BCUT2D eigenvalue weighted by Crippen LogP contribution is -2.31. The predicted octanol–water partition coefficient (Wildman–Crippen LogP) is 1.50. The average molecular weight is 259 g/mol. The maximum absolute atomic E-state index is 11.7. The van der Waals surface area contributed by atoms with Crippen LogP contribution in [0.5, 0.6) is 5.75 Å². The van der Waals surface area contributed by atoms with Crippen LogP contribution in [-0.4, -0.2) is 26.1 Å². The van der Waals surface area contributed by atoms with Gasteiger partial charge in [-0.25, -0.2) is 0 Å². The van der Waals surface area contributed by atoms with Crippen molar-refractivity contribution < 1.29 is 9.53 Å². The molecule has 1 fully saturated rings. The van der Waals surface area contributed by atoms with Gasteiger partial charge in [-0.1, -0.05) is 6.07 Å². The summed E-state index contributed by atoms with van der Waals surface area (Å²) < 4.78 is 5.18. The fourth-order valence-corrected chi connectivity index (χ4v) is 1.79. The molecule has 1 aliphatic carbocycles. The van der Waals surface area contributed by atoms with E-state index in [1.807, 2.05) is 0 Å². The van der Waals surface area contributed by atoms with Gasteiger partial charge in [0.25, 0.3) is 0 Å². The van der Waals surface area contributed by atoms with Gasteiger partial charge in [-0.05, 0) is 30.9 Å². The van der Waals surface area contributed by atoms with E-state index in [1.165, 1.54) is 20.0 Å². The Hall–Kier alpha value is -2.22. The second kappa shape index (κ2) is 6.10. The Morgan fingerprint density at radius 3 is 2.95 bits per heavy atom. The van der Waals surface area contributed by atoms with Crippen LogP contribution in [0.15, 0.2) is 18.2 Å². The van der Waals surface area contributed by atoms with Gasteiger partial charge in [-0.2, -0.15) is 5.26 Å². The monoisotopic (exact) mass is 259 g/mol. The molecule has 0 aromatic heterocycles. The number of hydrogen-bond donors (Lipinski definition) is 2. The van der Waals surface area contributed by atoms with Gasteiger partial charge in [-0.3, -0.25) is 4.79 Å². The molecule has 1 amide bonds. The lowest BCUT2D eigenvalue weighted by molar-refractivity contribution is -0.119. The van der Waals surface area contributed by atoms with Crippen molar-refractivity contribution in [3.63, 3.8) is 0 Å². The maximum Gasteiger partial charge on any atom is 0.239 e. The summed E-state index contributed by atoms with van der Waals surface area (Å²) in [5.41, 5.74) is 1.03. The van der Waals surface area contributed by atoms with Crippen molar-refractivity contribution in [1.29, 1.82) is 5.26 Å². The number of nitrogens with one attached hydrogen (secondary N) is 2. The lowest BCUT2D eigenvalue weighted by atomic mass is 10.2. The zero-order valence-electron chi connectivity index (χ0n) is 10.9. The summed E-state index contributed by atoms with van der Waals surface area (Å²) >= 11 is 0. The number of rotatable bonds is 6. The van der Waals surface area contributed by atoms with Crippen LogP contribution in [0.25, 0.3) is 0 Å². The van der Waals surface area contributed by atoms with Crippen LogP contribution in [0.1, 0.15) is 18.4 Å². The molecule has 0 radical (unpaired) electrons. The zero-order valence-corrected chi connectivity index (χ0v) is 10.9. The van der Waals surface area contributed by atoms with Gasteiger partial charge in [0.15, 0.2) is 0 Å². The Bertz CT molecular complexity index is 504. The number of carbonyl (C=O) groups is 1. The molecule has 0 bridgehead atoms. The minimum Gasteiger partial charge on any atom is -0.495 e. The van der Waals surface area contributed by atoms with Crippen molar-refractivity contribution in [3.05, 3.63) is 23.8 Å². The summed E-state index contributed by atoms with van der Waals surface area (Å²) in [6.45, 7) is 0.888. The first-order chi connectivity index (χ1) is 9.24. The highest BCUT2D eigenvalue weighted by molar-refractivity contribution is 5.82. The molecule has 0 aliphatic heterocycles. The number of benzene rings is 1. The Morgan fingerprint density at radius 1 is 1.53 bits per heavy atom. The second-order valence-electron chi connectivity index (χ2n) is 4.60. The van der Waals surface area contributed by atoms with Crippen LogP contribution in [0.3, 0.4) is 0 Å². The number of nitriles is 1. The minimum atomic E-state index is -0.0679. The summed E-state index contributed by atoms with van der Waals surface area (Å²) in [6.07, 6.45) is 2.41. The third kappa shape index (κ3) is 3.62. The van der Waals surface area contributed by atoms with Crippen LogP contribution in [0, 0.1) is 17.2 Å². The Morgan fingerprint density at radius 2 is 2.32 bits per heavy atom. The molecule has 19 heavy (non-hydrogen) atoms. The first-order valence-electron chi connectivity index (χ1n) is 6.32. The van der Waals surface area contributed by atoms with E-state index < -0.39 is 0 Å². The molecule has 0 heterocycles. The molecule has 100 valence electrons. The molecule has 0 unspecified atom stereocenters. The summed E-state index contributed by atoms with van der Waals surface area (Å²) in [5, 5.41) is 14.9. The third-order valence-corrected chi connectivity index (χ3v) is 3.08. The van der Waals surface area contributed by atoms with Crippen LogP contribution in [0.2, 0.25) is 0 Å². The molecule has 0 saturated heterocycles. The number of ether oxygens (including phenoxy) is 1. The van der Waals surface area contributed by atoms with Gasteiger partial charge in [0.05, 0.1) is 24.9 Å². The molecule has 1 aliphatic rings. The molecule has 2 rings (SSSR count). The van der Waals surface area contributed by atoms with Gasteiger partial charge in [0, 0.05) is 6.54 Å². The first kappa shape index (κ1) is 13.2. The SMILES string of the molecule is COc1cccc(C#N)c1NCC(=O)NCC1CC1. The minimum absolute atomic E-state index is 0.0679. The highest BCUT2D eigenvalue weighted by Crippen LogP contribution is 2.28. The van der Waals surface area contributed by atoms with Crippen molar-refractivity contribution in [2.45, 2.75) is 12.8 Å². The highest BCUT2D eigenvalue weighted by atomic mass is 16.5. The summed E-state index contributed by atoms with van der Waals surface area (Å²) in [7, 11) is 1.54. The number of amides is 1. The molecule has 1 aromatic carbocycles. The molecule has 5 heteroatoms. The summed E-state index contributed by atoms with van der Waals surface area (Å²) in [5.74, 6) is 1.15. The van der Waals surface area contributed by atoms with Crippen molar-refractivity contribution in [1.82, 2.24) is 5.32 Å². The summed E-state index contributed by atoms with van der Waals surface area (Å²) in [6, 6.07) is 7.27. The average Bonchev–Trinajstić information content (AvgIpc) is 3.26. The summed E-state index contributed by atoms with van der Waals surface area (Å²) in [4.78, 5) is 11.7. The van der Waals surface area contributed by atoms with Gasteiger partial charge < -0.3 is 15.4 Å². The van der Waals surface area contributed by atoms with Crippen molar-refractivity contribution in [3.8, 4) is 11.8 Å². The second-order valence-corrected chi connectivity index (χ2v) is 4.60. The number of nitrogens with zero attached hydrogens (tertiary/aromatic N) is 1. The van der Waals surface area contributed by atoms with Crippen LogP contribution >= 0.6 is 0 Å². The number of carbonyl (C=O) groups excluding carboxylic acids is 1. The van der Waals surface area contributed by atoms with E-state index in [0.29, 0.717) is 22.9 Å². The van der Waals surface area contributed by atoms with E-state index in [0.717, 1.165) is 6.54 Å². The third-order valence-electron chi connectivity index (χ3n) is 3.08. The standard InChI is InChI=1S/C14H17N3O2/c1-19-12-4-2-3-11(7-15)14(12)17-9-13(18)16-8-10-5-6-10/h2-4,10,17H,5-6,8-9H2,1H3,(H,16,18). The lowest BCUT2D eigenvalue weighted by Gasteiger charge is -2.12. The van der Waals surface area contributed by atoms with E-state index in [4.69, 9.17) is 10.00 Å². The molecule has 2 N–H and O–H groups in total. The van der Waals surface area contributed by atoms with E-state index in [1.54, 1.807) is 18.2 Å². The van der Waals surface area contributed by atoms with Crippen molar-refractivity contribution in [2.24, 2.45) is 5.92 Å². The van der Waals surface area contributed by atoms with E-state index in [2.05, 4.69) is 16.7 Å². The normalized spacial score (nSPS) is 13.5. The zero-order chi connectivity index (χ0) is 13.7. The van der Waals surface area contributed by atoms with Crippen LogP contribution in [0.4, 0.5) is 5.69 Å².